The predicted molar refractivity (Wildman–Crippen MR) is 46.4 cm³/mol. The number of anilines is 1. The van der Waals surface area contributed by atoms with Crippen LogP contribution in [0.3, 0.4) is 0 Å². The first kappa shape index (κ1) is 7.53. The van der Waals surface area contributed by atoms with Crippen molar-refractivity contribution in [2.45, 2.75) is 0 Å². The maximum absolute atomic E-state index is 11.1. The van der Waals surface area contributed by atoms with E-state index in [4.69, 9.17) is 5.73 Å². The van der Waals surface area contributed by atoms with Gasteiger partial charge in [0.25, 0.3) is 5.56 Å². The molecular weight excluding hydrogens is 170 g/mol. The maximum atomic E-state index is 11.1. The Balaban J connectivity index is 2.55. The molecule has 0 spiro atoms. The van der Waals surface area contributed by atoms with Gasteiger partial charge in [-0.15, -0.1) is 0 Å². The van der Waals surface area contributed by atoms with Crippen LogP contribution < -0.4 is 11.3 Å². The second-order valence-corrected chi connectivity index (χ2v) is 2.44. The van der Waals surface area contributed by atoms with E-state index in [1.807, 2.05) is 0 Å². The molecule has 0 fully saturated rings. The number of aromatic amines is 1. The van der Waals surface area contributed by atoms with Crippen LogP contribution in [0.4, 0.5) is 5.69 Å². The van der Waals surface area contributed by atoms with Crippen LogP contribution in [-0.4, -0.2) is 19.7 Å². The van der Waals surface area contributed by atoms with Gasteiger partial charge in [0.2, 0.25) is 5.95 Å². The van der Waals surface area contributed by atoms with Gasteiger partial charge in [-0.05, 0) is 6.07 Å². The zero-order chi connectivity index (χ0) is 9.26. The molecule has 0 bridgehead atoms. The summed E-state index contributed by atoms with van der Waals surface area (Å²) in [4.78, 5) is 17.5. The molecule has 0 aliphatic heterocycles. The Morgan fingerprint density at radius 3 is 3.00 bits per heavy atom. The molecule has 2 aromatic rings. The van der Waals surface area contributed by atoms with Gasteiger partial charge in [0.1, 0.15) is 5.69 Å². The van der Waals surface area contributed by atoms with Crippen LogP contribution in [0.5, 0.6) is 0 Å². The molecule has 13 heavy (non-hydrogen) atoms. The molecule has 0 atom stereocenters. The van der Waals surface area contributed by atoms with Crippen LogP contribution in [0.15, 0.2) is 29.5 Å². The Morgan fingerprint density at radius 1 is 1.54 bits per heavy atom. The average molecular weight is 177 g/mol. The minimum atomic E-state index is -0.361. The summed E-state index contributed by atoms with van der Waals surface area (Å²) >= 11 is 0. The van der Waals surface area contributed by atoms with Gasteiger partial charge < -0.3 is 5.73 Å². The molecule has 6 heteroatoms. The number of nitrogen functional groups attached to an aromatic ring is 1. The van der Waals surface area contributed by atoms with Crippen LogP contribution in [-0.2, 0) is 0 Å². The van der Waals surface area contributed by atoms with E-state index in [0.717, 1.165) is 0 Å². The first-order chi connectivity index (χ1) is 6.27. The number of nitrogens with two attached hydrogens (primary N) is 1. The zero-order valence-electron chi connectivity index (χ0n) is 6.64. The Hall–Kier alpha value is -2.11. The smallest absolute Gasteiger partial charge is 0.275 e. The molecule has 0 amide bonds. The van der Waals surface area contributed by atoms with Crippen molar-refractivity contribution >= 4 is 5.69 Å². The van der Waals surface area contributed by atoms with E-state index in [9.17, 15) is 4.79 Å². The highest BCUT2D eigenvalue weighted by Crippen LogP contribution is 1.95. The maximum Gasteiger partial charge on any atom is 0.275 e. The summed E-state index contributed by atoms with van der Waals surface area (Å²) in [5, 5.41) is 3.90. The molecule has 66 valence electrons. The molecule has 6 nitrogen and oxygen atoms in total. The third-order valence-electron chi connectivity index (χ3n) is 1.53. The van der Waals surface area contributed by atoms with Crippen LogP contribution in [0.2, 0.25) is 0 Å². The molecule has 0 radical (unpaired) electrons. The Kier molecular flexibility index (Phi) is 1.59. The normalized spacial score (nSPS) is 10.2. The van der Waals surface area contributed by atoms with E-state index in [1.54, 1.807) is 18.5 Å². The predicted octanol–water partition coefficient (Wildman–Crippen LogP) is -0.462. The van der Waals surface area contributed by atoms with E-state index >= 15 is 0 Å². The highest BCUT2D eigenvalue weighted by Gasteiger charge is 1.99. The van der Waals surface area contributed by atoms with Crippen LogP contribution in [0.1, 0.15) is 0 Å². The van der Waals surface area contributed by atoms with Crippen LogP contribution in [0.25, 0.3) is 5.95 Å². The summed E-state index contributed by atoms with van der Waals surface area (Å²) < 4.78 is 1.45. The molecule has 2 rings (SSSR count). The van der Waals surface area contributed by atoms with Crippen molar-refractivity contribution in [2.75, 3.05) is 5.73 Å². The van der Waals surface area contributed by atoms with Crippen LogP contribution in [0, 0.1) is 0 Å². The number of nitrogens with zero attached hydrogens (tertiary/aromatic N) is 3. The summed E-state index contributed by atoms with van der Waals surface area (Å²) in [7, 11) is 0. The van der Waals surface area contributed by atoms with Gasteiger partial charge in [-0.3, -0.25) is 9.78 Å². The van der Waals surface area contributed by atoms with Gasteiger partial charge in [-0.1, -0.05) is 0 Å². The molecule has 0 unspecified atom stereocenters. The number of H-pyrrole nitrogens is 1. The molecule has 0 aliphatic rings. The largest absolute Gasteiger partial charge is 0.393 e. The standard InChI is InChI=1S/C7H7N5O/c8-5-4-9-7(11-6(5)13)12-3-1-2-10-12/h1-4H,8H2,(H,9,11,13). The third kappa shape index (κ3) is 1.28. The van der Waals surface area contributed by atoms with Gasteiger partial charge in [0.15, 0.2) is 0 Å². The Morgan fingerprint density at radius 2 is 2.38 bits per heavy atom. The van der Waals surface area contributed by atoms with Gasteiger partial charge >= 0.3 is 0 Å². The first-order valence-electron chi connectivity index (χ1n) is 3.62. The Labute approximate surface area is 73.0 Å². The van der Waals surface area contributed by atoms with Gasteiger partial charge in [-0.2, -0.15) is 5.10 Å². The number of nitrogens with one attached hydrogen (secondary N) is 1. The first-order valence-corrected chi connectivity index (χ1v) is 3.62. The fourth-order valence-electron chi connectivity index (χ4n) is 0.906. The van der Waals surface area contributed by atoms with Crippen molar-refractivity contribution < 1.29 is 0 Å². The highest BCUT2D eigenvalue weighted by molar-refractivity contribution is 5.32. The van der Waals surface area contributed by atoms with Gasteiger partial charge in [0.05, 0.1) is 6.20 Å². The van der Waals surface area contributed by atoms with Crippen LogP contribution >= 0.6 is 0 Å². The van der Waals surface area contributed by atoms with E-state index < -0.39 is 0 Å². The lowest BCUT2D eigenvalue weighted by Crippen LogP contribution is -2.16. The second-order valence-electron chi connectivity index (χ2n) is 2.44. The molecule has 0 aliphatic carbocycles. The van der Waals surface area contributed by atoms with Crippen molar-refractivity contribution in [3.05, 3.63) is 35.0 Å². The summed E-state index contributed by atoms with van der Waals surface area (Å²) in [6.45, 7) is 0. The minimum Gasteiger partial charge on any atom is -0.393 e. The summed E-state index contributed by atoms with van der Waals surface area (Å²) in [6, 6.07) is 1.73. The number of rotatable bonds is 1. The lowest BCUT2D eigenvalue weighted by Gasteiger charge is -1.98. The molecule has 0 aromatic carbocycles. The molecule has 2 heterocycles. The van der Waals surface area contributed by atoms with Gasteiger partial charge in [-0.25, -0.2) is 9.67 Å². The molecule has 2 aromatic heterocycles. The van der Waals surface area contributed by atoms with Crippen molar-refractivity contribution in [2.24, 2.45) is 0 Å². The number of hydrogen-bond acceptors (Lipinski definition) is 4. The minimum absolute atomic E-state index is 0.0934. The number of aromatic nitrogens is 4. The average Bonchev–Trinajstić information content (AvgIpc) is 2.62. The zero-order valence-corrected chi connectivity index (χ0v) is 6.64. The monoisotopic (exact) mass is 177 g/mol. The Bertz CT molecular complexity index is 458. The highest BCUT2D eigenvalue weighted by atomic mass is 16.1. The van der Waals surface area contributed by atoms with Crippen molar-refractivity contribution in [1.82, 2.24) is 19.7 Å². The van der Waals surface area contributed by atoms with E-state index in [1.165, 1.54) is 10.9 Å². The van der Waals surface area contributed by atoms with Crippen molar-refractivity contribution in [3.8, 4) is 5.95 Å². The fraction of sp³-hybridized carbons (Fsp3) is 0. The SMILES string of the molecule is Nc1cnc(-n2cccn2)[nH]c1=O. The lowest BCUT2D eigenvalue weighted by atomic mass is 10.5. The molecular formula is C7H7N5O. The summed E-state index contributed by atoms with van der Waals surface area (Å²) in [5.41, 5.74) is 5.04. The molecule has 0 saturated heterocycles. The fourth-order valence-corrected chi connectivity index (χ4v) is 0.906. The summed E-state index contributed by atoms with van der Waals surface area (Å²) in [6.07, 6.45) is 4.57. The summed E-state index contributed by atoms with van der Waals surface area (Å²) in [5.74, 6) is 0.351. The quantitative estimate of drug-likeness (QED) is 0.616. The lowest BCUT2D eigenvalue weighted by molar-refractivity contribution is 0.802. The van der Waals surface area contributed by atoms with E-state index in [0.29, 0.717) is 5.95 Å². The second kappa shape index (κ2) is 2.74. The third-order valence-corrected chi connectivity index (χ3v) is 1.53. The molecule has 0 saturated carbocycles. The van der Waals surface area contributed by atoms with E-state index in [2.05, 4.69) is 15.1 Å². The van der Waals surface area contributed by atoms with E-state index in [-0.39, 0.29) is 11.2 Å². The van der Waals surface area contributed by atoms with Crippen molar-refractivity contribution in [3.63, 3.8) is 0 Å². The molecule has 3 N–H and O–H groups in total. The van der Waals surface area contributed by atoms with Gasteiger partial charge in [0, 0.05) is 12.4 Å². The topological polar surface area (TPSA) is 89.6 Å². The number of hydrogen-bond donors (Lipinski definition) is 2. The van der Waals surface area contributed by atoms with Crippen molar-refractivity contribution in [1.29, 1.82) is 0 Å².